The fourth-order valence-electron chi connectivity index (χ4n) is 3.55. The summed E-state index contributed by atoms with van der Waals surface area (Å²) in [5, 5.41) is 0. The summed E-state index contributed by atoms with van der Waals surface area (Å²) in [6.07, 6.45) is 3.25. The zero-order chi connectivity index (χ0) is 13.7. The summed E-state index contributed by atoms with van der Waals surface area (Å²) in [6, 6.07) is 13.6. The van der Waals surface area contributed by atoms with E-state index in [0.29, 0.717) is 0 Å². The Labute approximate surface area is 135 Å². The maximum atomic E-state index is 4.65. The molecule has 1 aliphatic rings. The minimum Gasteiger partial charge on any atom is -0.304 e. The summed E-state index contributed by atoms with van der Waals surface area (Å²) >= 11 is 0. The van der Waals surface area contributed by atoms with E-state index in [1.165, 1.54) is 17.5 Å². The molecule has 107 valence electrons. The first kappa shape index (κ1) is 15.4. The molecule has 2 aromatic rings. The second kappa shape index (κ2) is 5.09. The van der Waals surface area contributed by atoms with Crippen LogP contribution in [-0.2, 0) is 30.9 Å². The van der Waals surface area contributed by atoms with E-state index in [2.05, 4.69) is 57.1 Å². The Balaban J connectivity index is 0.00000147. The van der Waals surface area contributed by atoms with Crippen molar-refractivity contribution in [2.75, 3.05) is 0 Å². The number of aromatic nitrogens is 1. The van der Waals surface area contributed by atoms with Crippen molar-refractivity contribution in [3.05, 3.63) is 53.7 Å². The van der Waals surface area contributed by atoms with E-state index in [1.54, 1.807) is 0 Å². The number of benzene rings is 1. The first-order chi connectivity index (χ1) is 8.90. The first-order valence-corrected chi connectivity index (χ1v) is 6.88. The summed E-state index contributed by atoms with van der Waals surface area (Å²) in [4.78, 5) is 4.65. The van der Waals surface area contributed by atoms with Gasteiger partial charge in [0.25, 0.3) is 0 Å². The zero-order valence-electron chi connectivity index (χ0n) is 12.5. The Morgan fingerprint density at radius 1 is 1.05 bits per heavy atom. The second-order valence-electron chi connectivity index (χ2n) is 6.84. The maximum Gasteiger partial charge on any atom is 0.0201 e. The molecule has 3 rings (SSSR count). The van der Waals surface area contributed by atoms with Crippen LogP contribution in [0.2, 0.25) is 0 Å². The Bertz CT molecular complexity index is 615. The Hall–Kier alpha value is -0.981. The van der Waals surface area contributed by atoms with Crippen LogP contribution in [0.1, 0.15) is 45.2 Å². The van der Waals surface area contributed by atoms with Crippen molar-refractivity contribution in [3.8, 4) is 11.3 Å². The van der Waals surface area contributed by atoms with Crippen LogP contribution in [0.4, 0.5) is 0 Å². The number of hydrogen-bond acceptors (Lipinski definition) is 1. The molecule has 0 spiro atoms. The van der Waals surface area contributed by atoms with Crippen LogP contribution in [0.3, 0.4) is 0 Å². The van der Waals surface area contributed by atoms with Gasteiger partial charge in [0, 0.05) is 26.3 Å². The average Bonchev–Trinajstić information content (AvgIpc) is 2.56. The fraction of sp³-hybridized carbons (Fsp3) is 0.389. The number of hydrogen-bond donors (Lipinski definition) is 0. The maximum absolute atomic E-state index is 4.65. The van der Waals surface area contributed by atoms with Crippen molar-refractivity contribution < 1.29 is 20.1 Å². The summed E-state index contributed by atoms with van der Waals surface area (Å²) in [6.45, 7) is 9.30. The van der Waals surface area contributed by atoms with Crippen molar-refractivity contribution in [3.63, 3.8) is 0 Å². The Morgan fingerprint density at radius 2 is 1.75 bits per heavy atom. The van der Waals surface area contributed by atoms with Gasteiger partial charge in [0.15, 0.2) is 0 Å². The third kappa shape index (κ3) is 2.47. The smallest absolute Gasteiger partial charge is 0.0201 e. The molecule has 0 N–H and O–H groups in total. The first-order valence-electron chi connectivity index (χ1n) is 6.88. The molecular formula is C18H20IrN-. The Morgan fingerprint density at radius 3 is 2.40 bits per heavy atom. The molecule has 1 aromatic carbocycles. The summed E-state index contributed by atoms with van der Waals surface area (Å²) in [5.41, 5.74) is 5.41. The van der Waals surface area contributed by atoms with Crippen molar-refractivity contribution in [2.45, 2.75) is 44.9 Å². The third-order valence-corrected chi connectivity index (χ3v) is 4.23. The molecule has 0 fully saturated rings. The van der Waals surface area contributed by atoms with Crippen LogP contribution in [-0.4, -0.2) is 4.98 Å². The van der Waals surface area contributed by atoms with E-state index in [1.807, 2.05) is 18.2 Å². The fourth-order valence-corrected chi connectivity index (χ4v) is 3.55. The van der Waals surface area contributed by atoms with Gasteiger partial charge in [0.05, 0.1) is 0 Å². The molecule has 0 unspecified atom stereocenters. The molecule has 2 heteroatoms. The van der Waals surface area contributed by atoms with Crippen LogP contribution in [0, 0.1) is 6.07 Å². The van der Waals surface area contributed by atoms with Crippen molar-refractivity contribution in [2.24, 2.45) is 0 Å². The molecule has 1 nitrogen and oxygen atoms in total. The molecule has 0 aliphatic heterocycles. The van der Waals surface area contributed by atoms with E-state index in [4.69, 9.17) is 0 Å². The van der Waals surface area contributed by atoms with Crippen molar-refractivity contribution >= 4 is 0 Å². The van der Waals surface area contributed by atoms with E-state index in [0.717, 1.165) is 11.3 Å². The topological polar surface area (TPSA) is 12.9 Å². The van der Waals surface area contributed by atoms with Gasteiger partial charge in [-0.2, -0.15) is 0 Å². The van der Waals surface area contributed by atoms with Gasteiger partial charge in [-0.25, -0.2) is 0 Å². The molecule has 1 radical (unpaired) electrons. The van der Waals surface area contributed by atoms with Gasteiger partial charge in [-0.1, -0.05) is 33.8 Å². The number of rotatable bonds is 1. The molecule has 1 aliphatic carbocycles. The minimum absolute atomic E-state index is 0. The van der Waals surface area contributed by atoms with Gasteiger partial charge in [0.1, 0.15) is 0 Å². The summed E-state index contributed by atoms with van der Waals surface area (Å²) in [5.74, 6) is 0. The second-order valence-corrected chi connectivity index (χ2v) is 6.84. The molecule has 0 saturated carbocycles. The third-order valence-electron chi connectivity index (χ3n) is 4.23. The minimum atomic E-state index is 0. The van der Waals surface area contributed by atoms with Gasteiger partial charge in [-0.3, -0.25) is 0 Å². The molecule has 0 atom stereocenters. The SMILES string of the molecule is CC1(C)CC(C)(C)c2cc(-c3[c-]cccc3)ncc21.[Ir]. The number of fused-ring (bicyclic) bond motifs is 1. The van der Waals surface area contributed by atoms with Gasteiger partial charge in [-0.15, -0.1) is 35.9 Å². The Kier molecular flexibility index (Phi) is 3.92. The zero-order valence-corrected chi connectivity index (χ0v) is 14.8. The molecule has 0 saturated heterocycles. The van der Waals surface area contributed by atoms with Crippen LogP contribution < -0.4 is 0 Å². The average molecular weight is 443 g/mol. The standard InChI is InChI=1S/C18H20N.Ir/c1-17(2)12-18(3,4)15-11-19-16(10-14(15)17)13-8-6-5-7-9-13;/h5-8,10-11H,12H2,1-4H3;/q-1;. The van der Waals surface area contributed by atoms with Gasteiger partial charge < -0.3 is 4.98 Å². The molecular weight excluding hydrogens is 422 g/mol. The molecule has 0 amide bonds. The molecule has 1 aromatic heterocycles. The quantitative estimate of drug-likeness (QED) is 0.593. The molecule has 1 heterocycles. The van der Waals surface area contributed by atoms with Gasteiger partial charge >= 0.3 is 0 Å². The van der Waals surface area contributed by atoms with Crippen molar-refractivity contribution in [1.29, 1.82) is 0 Å². The van der Waals surface area contributed by atoms with Crippen LogP contribution >= 0.6 is 0 Å². The van der Waals surface area contributed by atoms with Gasteiger partial charge in [0.2, 0.25) is 0 Å². The normalized spacial score (nSPS) is 18.2. The molecule has 20 heavy (non-hydrogen) atoms. The largest absolute Gasteiger partial charge is 0.304 e. The van der Waals surface area contributed by atoms with Crippen LogP contribution in [0.5, 0.6) is 0 Å². The number of pyridine rings is 1. The van der Waals surface area contributed by atoms with Crippen LogP contribution in [0.25, 0.3) is 11.3 Å². The number of nitrogens with zero attached hydrogens (tertiary/aromatic N) is 1. The van der Waals surface area contributed by atoms with Crippen molar-refractivity contribution in [1.82, 2.24) is 4.98 Å². The monoisotopic (exact) mass is 443 g/mol. The van der Waals surface area contributed by atoms with E-state index >= 15 is 0 Å². The summed E-state index contributed by atoms with van der Waals surface area (Å²) in [7, 11) is 0. The summed E-state index contributed by atoms with van der Waals surface area (Å²) < 4.78 is 0. The predicted octanol–water partition coefficient (Wildman–Crippen LogP) is 4.51. The van der Waals surface area contributed by atoms with E-state index in [9.17, 15) is 0 Å². The van der Waals surface area contributed by atoms with E-state index < -0.39 is 0 Å². The predicted molar refractivity (Wildman–Crippen MR) is 79.2 cm³/mol. The van der Waals surface area contributed by atoms with Gasteiger partial charge in [-0.05, 0) is 34.1 Å². The molecule has 0 bridgehead atoms. The van der Waals surface area contributed by atoms with E-state index in [-0.39, 0.29) is 30.9 Å². The van der Waals surface area contributed by atoms with Crippen LogP contribution in [0.15, 0.2) is 36.5 Å².